The third kappa shape index (κ3) is 3.12. The van der Waals surface area contributed by atoms with Crippen LogP contribution >= 0.6 is 11.3 Å². The van der Waals surface area contributed by atoms with Gasteiger partial charge < -0.3 is 9.80 Å². The number of nitrogens with zero attached hydrogens (tertiary/aromatic N) is 3. The van der Waals surface area contributed by atoms with Crippen molar-refractivity contribution < 1.29 is 9.59 Å². The standard InChI is InChI=1S/C19H25N3O2S/c1-14-20-16(12-25-14)11-21-10-8-19(18(21)24)7-4-9-22(13-19)17(23)15-5-2-3-6-15/h2-3,12,15H,4-11,13H2,1H3/t19-/m1/s1. The summed E-state index contributed by atoms with van der Waals surface area (Å²) in [5, 5.41) is 3.08. The van der Waals surface area contributed by atoms with Gasteiger partial charge in [0.05, 0.1) is 22.7 Å². The Balaban J connectivity index is 1.44. The van der Waals surface area contributed by atoms with Crippen molar-refractivity contribution in [2.75, 3.05) is 19.6 Å². The third-order valence-corrected chi connectivity index (χ3v) is 6.69. The molecule has 0 N–H and O–H groups in total. The summed E-state index contributed by atoms with van der Waals surface area (Å²) in [4.78, 5) is 34.3. The Bertz CT molecular complexity index is 705. The number of thiazole rings is 1. The molecule has 0 saturated carbocycles. The SMILES string of the molecule is Cc1nc(CN2CC[C@@]3(CCCN(C(=O)C4CC=CC4)C3)C2=O)cs1. The first kappa shape index (κ1) is 16.8. The largest absolute Gasteiger partial charge is 0.341 e. The molecule has 134 valence electrons. The van der Waals surface area contributed by atoms with Gasteiger partial charge >= 0.3 is 0 Å². The van der Waals surface area contributed by atoms with E-state index in [1.807, 2.05) is 22.1 Å². The van der Waals surface area contributed by atoms with E-state index in [0.29, 0.717) is 13.1 Å². The van der Waals surface area contributed by atoms with E-state index in [4.69, 9.17) is 0 Å². The molecular weight excluding hydrogens is 334 g/mol. The van der Waals surface area contributed by atoms with Gasteiger partial charge in [-0.3, -0.25) is 9.59 Å². The lowest BCUT2D eigenvalue weighted by Crippen LogP contribution is -2.51. The molecule has 0 bridgehead atoms. The van der Waals surface area contributed by atoms with E-state index in [1.165, 1.54) is 0 Å². The fourth-order valence-electron chi connectivity index (χ4n) is 4.50. The molecule has 1 aromatic rings. The number of aromatic nitrogens is 1. The van der Waals surface area contributed by atoms with Gasteiger partial charge in [0.15, 0.2) is 0 Å². The number of hydrogen-bond acceptors (Lipinski definition) is 4. The number of carbonyl (C=O) groups is 2. The first-order valence-electron chi connectivity index (χ1n) is 9.22. The highest BCUT2D eigenvalue weighted by Crippen LogP contribution is 2.41. The summed E-state index contributed by atoms with van der Waals surface area (Å²) in [5.41, 5.74) is 0.624. The fourth-order valence-corrected chi connectivity index (χ4v) is 5.10. The van der Waals surface area contributed by atoms with Gasteiger partial charge in [-0.2, -0.15) is 0 Å². The van der Waals surface area contributed by atoms with Crippen molar-refractivity contribution in [1.29, 1.82) is 0 Å². The van der Waals surface area contributed by atoms with Crippen molar-refractivity contribution in [1.82, 2.24) is 14.8 Å². The number of piperidine rings is 1. The molecule has 0 radical (unpaired) electrons. The Hall–Kier alpha value is -1.69. The summed E-state index contributed by atoms with van der Waals surface area (Å²) in [6.07, 6.45) is 8.60. The zero-order valence-electron chi connectivity index (χ0n) is 14.7. The van der Waals surface area contributed by atoms with Gasteiger partial charge in [-0.1, -0.05) is 12.2 Å². The lowest BCUT2D eigenvalue weighted by molar-refractivity contribution is -0.145. The highest BCUT2D eigenvalue weighted by molar-refractivity contribution is 7.09. The average Bonchev–Trinajstić information content (AvgIpc) is 3.34. The molecule has 1 atom stereocenters. The second-order valence-electron chi connectivity index (χ2n) is 7.62. The Morgan fingerprint density at radius 1 is 1.32 bits per heavy atom. The lowest BCUT2D eigenvalue weighted by atomic mass is 9.78. The highest BCUT2D eigenvalue weighted by Gasteiger charge is 2.50. The first-order chi connectivity index (χ1) is 12.1. The van der Waals surface area contributed by atoms with Crippen LogP contribution in [-0.4, -0.2) is 46.2 Å². The second kappa shape index (κ2) is 6.56. The van der Waals surface area contributed by atoms with Gasteiger partial charge in [-0.15, -0.1) is 11.3 Å². The van der Waals surface area contributed by atoms with Crippen LogP contribution in [0.1, 0.15) is 42.8 Å². The minimum atomic E-state index is -0.356. The Kier molecular flexibility index (Phi) is 4.40. The smallest absolute Gasteiger partial charge is 0.231 e. The Labute approximate surface area is 152 Å². The first-order valence-corrected chi connectivity index (χ1v) is 10.1. The van der Waals surface area contributed by atoms with Crippen LogP contribution < -0.4 is 0 Å². The summed E-state index contributed by atoms with van der Waals surface area (Å²) in [6, 6.07) is 0. The van der Waals surface area contributed by atoms with Crippen molar-refractivity contribution in [2.24, 2.45) is 11.3 Å². The van der Waals surface area contributed by atoms with Gasteiger partial charge in [0, 0.05) is 30.9 Å². The number of aryl methyl sites for hydroxylation is 1. The average molecular weight is 359 g/mol. The lowest BCUT2D eigenvalue weighted by Gasteiger charge is -2.40. The molecule has 3 heterocycles. The van der Waals surface area contributed by atoms with Gasteiger partial charge in [0.25, 0.3) is 0 Å². The van der Waals surface area contributed by atoms with E-state index >= 15 is 0 Å². The predicted molar refractivity (Wildman–Crippen MR) is 97.0 cm³/mol. The Morgan fingerprint density at radius 2 is 2.12 bits per heavy atom. The predicted octanol–water partition coefficient (Wildman–Crippen LogP) is 2.76. The number of amides is 2. The molecule has 4 rings (SSSR count). The van der Waals surface area contributed by atoms with Gasteiger partial charge in [-0.25, -0.2) is 4.98 Å². The molecule has 1 aromatic heterocycles. The minimum Gasteiger partial charge on any atom is -0.341 e. The molecule has 6 heteroatoms. The molecule has 2 amide bonds. The van der Waals surface area contributed by atoms with Crippen LogP contribution in [0.25, 0.3) is 0 Å². The summed E-state index contributed by atoms with van der Waals surface area (Å²) in [5.74, 6) is 0.561. The number of likely N-dealkylation sites (tertiary alicyclic amines) is 2. The van der Waals surface area contributed by atoms with Gasteiger partial charge in [0.2, 0.25) is 11.8 Å². The normalized spacial score (nSPS) is 27.0. The number of allylic oxidation sites excluding steroid dienone is 2. The molecule has 0 aromatic carbocycles. The molecule has 2 aliphatic heterocycles. The zero-order chi connectivity index (χ0) is 17.4. The monoisotopic (exact) mass is 359 g/mol. The molecule has 2 saturated heterocycles. The number of rotatable bonds is 3. The van der Waals surface area contributed by atoms with E-state index in [-0.39, 0.29) is 23.1 Å². The van der Waals surface area contributed by atoms with Crippen LogP contribution in [0.3, 0.4) is 0 Å². The Morgan fingerprint density at radius 3 is 2.84 bits per heavy atom. The maximum atomic E-state index is 13.1. The second-order valence-corrected chi connectivity index (χ2v) is 8.68. The van der Waals surface area contributed by atoms with E-state index in [9.17, 15) is 9.59 Å². The van der Waals surface area contributed by atoms with Gasteiger partial charge in [0.1, 0.15) is 0 Å². The molecule has 25 heavy (non-hydrogen) atoms. The molecule has 1 aliphatic carbocycles. The van der Waals surface area contributed by atoms with E-state index in [0.717, 1.165) is 55.9 Å². The van der Waals surface area contributed by atoms with E-state index in [1.54, 1.807) is 11.3 Å². The number of carbonyl (C=O) groups excluding carboxylic acids is 2. The quantitative estimate of drug-likeness (QED) is 0.780. The minimum absolute atomic E-state index is 0.0979. The molecular formula is C19H25N3O2S. The molecule has 5 nitrogen and oxygen atoms in total. The maximum Gasteiger partial charge on any atom is 0.231 e. The molecule has 3 aliphatic rings. The van der Waals surface area contributed by atoms with Crippen molar-refractivity contribution in [2.45, 2.75) is 45.6 Å². The molecule has 0 unspecified atom stereocenters. The summed E-state index contributed by atoms with van der Waals surface area (Å²) in [6.45, 7) is 4.78. The van der Waals surface area contributed by atoms with Crippen LogP contribution in [0, 0.1) is 18.3 Å². The van der Waals surface area contributed by atoms with Crippen LogP contribution in [-0.2, 0) is 16.1 Å². The van der Waals surface area contributed by atoms with Crippen LogP contribution in [0.2, 0.25) is 0 Å². The maximum absolute atomic E-state index is 13.1. The topological polar surface area (TPSA) is 53.5 Å². The highest BCUT2D eigenvalue weighted by atomic mass is 32.1. The van der Waals surface area contributed by atoms with Crippen LogP contribution in [0.5, 0.6) is 0 Å². The molecule has 2 fully saturated rings. The van der Waals surface area contributed by atoms with E-state index in [2.05, 4.69) is 17.1 Å². The van der Waals surface area contributed by atoms with Crippen LogP contribution in [0.4, 0.5) is 0 Å². The van der Waals surface area contributed by atoms with Crippen molar-refractivity contribution in [3.05, 3.63) is 28.2 Å². The molecule has 1 spiro atoms. The fraction of sp³-hybridized carbons (Fsp3) is 0.632. The summed E-state index contributed by atoms with van der Waals surface area (Å²) >= 11 is 1.63. The van der Waals surface area contributed by atoms with Crippen molar-refractivity contribution in [3.63, 3.8) is 0 Å². The van der Waals surface area contributed by atoms with Crippen molar-refractivity contribution in [3.8, 4) is 0 Å². The van der Waals surface area contributed by atoms with Gasteiger partial charge in [-0.05, 0) is 39.0 Å². The summed E-state index contributed by atoms with van der Waals surface area (Å²) < 4.78 is 0. The third-order valence-electron chi connectivity index (χ3n) is 5.87. The van der Waals surface area contributed by atoms with Crippen LogP contribution in [0.15, 0.2) is 17.5 Å². The number of hydrogen-bond donors (Lipinski definition) is 0. The zero-order valence-corrected chi connectivity index (χ0v) is 15.6. The summed E-state index contributed by atoms with van der Waals surface area (Å²) in [7, 11) is 0. The van der Waals surface area contributed by atoms with E-state index < -0.39 is 0 Å². The van der Waals surface area contributed by atoms with Crippen molar-refractivity contribution >= 4 is 23.2 Å².